The molecule has 0 radical (unpaired) electrons. The van der Waals surface area contributed by atoms with Gasteiger partial charge in [0.25, 0.3) is 0 Å². The molecular formula is C20H19N5O4. The second kappa shape index (κ2) is 8.79. The number of esters is 1. The molecule has 3 rings (SSSR count). The molecule has 0 spiro atoms. The van der Waals surface area contributed by atoms with Crippen LogP contribution < -0.4 is 10.6 Å². The van der Waals surface area contributed by atoms with Crippen LogP contribution in [0.25, 0.3) is 0 Å². The minimum absolute atomic E-state index is 0.0437. The van der Waals surface area contributed by atoms with Crippen LogP contribution in [-0.2, 0) is 11.3 Å². The molecule has 0 aliphatic heterocycles. The highest BCUT2D eigenvalue weighted by molar-refractivity contribution is 5.89. The van der Waals surface area contributed by atoms with E-state index in [-0.39, 0.29) is 17.3 Å². The molecule has 0 bridgehead atoms. The summed E-state index contributed by atoms with van der Waals surface area (Å²) in [7, 11) is 1.30. The van der Waals surface area contributed by atoms with Gasteiger partial charge in [0.05, 0.1) is 17.6 Å². The number of nitro groups is 1. The molecule has 0 aliphatic rings. The summed E-state index contributed by atoms with van der Waals surface area (Å²) >= 11 is 0. The van der Waals surface area contributed by atoms with E-state index in [1.807, 2.05) is 31.2 Å². The van der Waals surface area contributed by atoms with Gasteiger partial charge in [0, 0.05) is 12.2 Å². The van der Waals surface area contributed by atoms with E-state index < -0.39 is 10.9 Å². The van der Waals surface area contributed by atoms with Gasteiger partial charge in [-0.2, -0.15) is 0 Å². The van der Waals surface area contributed by atoms with E-state index in [4.69, 9.17) is 0 Å². The van der Waals surface area contributed by atoms with Crippen molar-refractivity contribution in [2.75, 3.05) is 17.7 Å². The lowest BCUT2D eigenvalue weighted by Crippen LogP contribution is -2.08. The number of carbonyl (C=O) groups excluding carboxylic acids is 1. The third-order valence-corrected chi connectivity index (χ3v) is 4.15. The summed E-state index contributed by atoms with van der Waals surface area (Å²) in [6.45, 7) is 2.37. The third kappa shape index (κ3) is 4.83. The monoisotopic (exact) mass is 393 g/mol. The van der Waals surface area contributed by atoms with Crippen molar-refractivity contribution in [1.29, 1.82) is 0 Å². The molecule has 1 aromatic heterocycles. The largest absolute Gasteiger partial charge is 0.465 e. The van der Waals surface area contributed by atoms with Crippen LogP contribution in [0.15, 0.2) is 54.9 Å². The molecule has 9 heteroatoms. The number of nitrogens with zero attached hydrogens (tertiary/aromatic N) is 3. The second-order valence-electron chi connectivity index (χ2n) is 6.21. The number of hydrogen-bond donors (Lipinski definition) is 2. The third-order valence-electron chi connectivity index (χ3n) is 4.15. The first-order valence-electron chi connectivity index (χ1n) is 8.72. The summed E-state index contributed by atoms with van der Waals surface area (Å²) < 4.78 is 4.65. The van der Waals surface area contributed by atoms with Gasteiger partial charge in [-0.25, -0.2) is 14.8 Å². The van der Waals surface area contributed by atoms with Gasteiger partial charge in [-0.1, -0.05) is 29.8 Å². The lowest BCUT2D eigenvalue weighted by molar-refractivity contribution is -0.383. The van der Waals surface area contributed by atoms with E-state index in [2.05, 4.69) is 25.3 Å². The molecule has 2 aromatic carbocycles. The quantitative estimate of drug-likeness (QED) is 0.353. The predicted molar refractivity (Wildman–Crippen MR) is 108 cm³/mol. The first-order chi connectivity index (χ1) is 14.0. The Bertz CT molecular complexity index is 1020. The Kier molecular flexibility index (Phi) is 5.98. The van der Waals surface area contributed by atoms with Crippen LogP contribution in [0, 0.1) is 17.0 Å². The van der Waals surface area contributed by atoms with Gasteiger partial charge >= 0.3 is 11.7 Å². The number of rotatable bonds is 7. The molecule has 0 aliphatic carbocycles. The van der Waals surface area contributed by atoms with Crippen molar-refractivity contribution in [3.8, 4) is 0 Å². The van der Waals surface area contributed by atoms with Crippen LogP contribution in [0.1, 0.15) is 21.5 Å². The zero-order valence-electron chi connectivity index (χ0n) is 15.9. The molecule has 1 heterocycles. The summed E-state index contributed by atoms with van der Waals surface area (Å²) in [6, 6.07) is 14.1. The Morgan fingerprint density at radius 3 is 2.34 bits per heavy atom. The fourth-order valence-electron chi connectivity index (χ4n) is 2.61. The Labute approximate surface area is 166 Å². The van der Waals surface area contributed by atoms with E-state index in [9.17, 15) is 14.9 Å². The molecule has 0 unspecified atom stereocenters. The zero-order chi connectivity index (χ0) is 20.8. The number of hydrogen-bond acceptors (Lipinski definition) is 8. The Morgan fingerprint density at radius 2 is 1.72 bits per heavy atom. The van der Waals surface area contributed by atoms with E-state index in [1.54, 1.807) is 24.3 Å². The maximum Gasteiger partial charge on any atom is 0.353 e. The standard InChI is InChI=1S/C20H19N5O4/c1-13-3-5-14(6-4-13)11-21-18-17(25(27)28)19(23-12-22-18)24-16-9-7-15(8-10-16)20(26)29-2/h3-10,12H,11H2,1-2H3,(H2,21,22,23,24). The summed E-state index contributed by atoms with van der Waals surface area (Å²) in [6.07, 6.45) is 1.25. The van der Waals surface area contributed by atoms with E-state index >= 15 is 0 Å². The van der Waals surface area contributed by atoms with Crippen molar-refractivity contribution in [3.63, 3.8) is 0 Å². The van der Waals surface area contributed by atoms with Crippen molar-refractivity contribution in [1.82, 2.24) is 9.97 Å². The van der Waals surface area contributed by atoms with Crippen LogP contribution >= 0.6 is 0 Å². The van der Waals surface area contributed by atoms with Crippen molar-refractivity contribution in [3.05, 3.63) is 81.7 Å². The molecule has 2 N–H and O–H groups in total. The van der Waals surface area contributed by atoms with Gasteiger partial charge in [0.15, 0.2) is 0 Å². The number of aromatic nitrogens is 2. The average Bonchev–Trinajstić information content (AvgIpc) is 2.73. The van der Waals surface area contributed by atoms with E-state index in [0.717, 1.165) is 11.1 Å². The normalized spacial score (nSPS) is 10.3. The predicted octanol–water partition coefficient (Wildman–Crippen LogP) is 3.84. The number of anilines is 3. The first-order valence-corrected chi connectivity index (χ1v) is 8.72. The number of aryl methyl sites for hydroxylation is 1. The molecule has 3 aromatic rings. The van der Waals surface area contributed by atoms with Gasteiger partial charge in [-0.05, 0) is 36.8 Å². The smallest absolute Gasteiger partial charge is 0.353 e. The maximum absolute atomic E-state index is 11.7. The summed E-state index contributed by atoms with van der Waals surface area (Å²) in [4.78, 5) is 30.7. The van der Waals surface area contributed by atoms with Crippen molar-refractivity contribution >= 4 is 29.0 Å². The van der Waals surface area contributed by atoms with Gasteiger partial charge in [-0.15, -0.1) is 0 Å². The topological polar surface area (TPSA) is 119 Å². The number of benzene rings is 2. The summed E-state index contributed by atoms with van der Waals surface area (Å²) in [5, 5.41) is 17.5. The fourth-order valence-corrected chi connectivity index (χ4v) is 2.61. The van der Waals surface area contributed by atoms with Crippen LogP contribution in [0.4, 0.5) is 23.0 Å². The molecule has 0 saturated heterocycles. The molecule has 0 fully saturated rings. The summed E-state index contributed by atoms with van der Waals surface area (Å²) in [5.41, 5.74) is 2.74. The Morgan fingerprint density at radius 1 is 1.07 bits per heavy atom. The van der Waals surface area contributed by atoms with Crippen molar-refractivity contribution in [2.24, 2.45) is 0 Å². The van der Waals surface area contributed by atoms with Crippen LogP contribution in [0.2, 0.25) is 0 Å². The number of methoxy groups -OCH3 is 1. The van der Waals surface area contributed by atoms with Crippen LogP contribution in [0.3, 0.4) is 0 Å². The van der Waals surface area contributed by atoms with Crippen molar-refractivity contribution < 1.29 is 14.5 Å². The number of nitrogens with one attached hydrogen (secondary N) is 2. The molecule has 0 saturated carbocycles. The molecule has 29 heavy (non-hydrogen) atoms. The van der Waals surface area contributed by atoms with Gasteiger partial charge in [-0.3, -0.25) is 10.1 Å². The van der Waals surface area contributed by atoms with Gasteiger partial charge < -0.3 is 15.4 Å². The number of ether oxygens (including phenoxy) is 1. The maximum atomic E-state index is 11.7. The number of carbonyl (C=O) groups is 1. The Balaban J connectivity index is 1.81. The highest BCUT2D eigenvalue weighted by atomic mass is 16.6. The lowest BCUT2D eigenvalue weighted by Gasteiger charge is -2.10. The highest BCUT2D eigenvalue weighted by Gasteiger charge is 2.23. The Hall–Kier alpha value is -4.01. The van der Waals surface area contributed by atoms with Gasteiger partial charge in [0.2, 0.25) is 11.6 Å². The summed E-state index contributed by atoms with van der Waals surface area (Å²) in [5.74, 6) is -0.311. The van der Waals surface area contributed by atoms with Crippen LogP contribution in [0.5, 0.6) is 0 Å². The van der Waals surface area contributed by atoms with Crippen LogP contribution in [-0.4, -0.2) is 28.0 Å². The minimum Gasteiger partial charge on any atom is -0.465 e. The fraction of sp³-hybridized carbons (Fsp3) is 0.150. The zero-order valence-corrected chi connectivity index (χ0v) is 15.9. The lowest BCUT2D eigenvalue weighted by atomic mass is 10.1. The van der Waals surface area contributed by atoms with Crippen molar-refractivity contribution in [2.45, 2.75) is 13.5 Å². The molecule has 148 valence electrons. The molecule has 0 atom stereocenters. The SMILES string of the molecule is COC(=O)c1ccc(Nc2ncnc(NCc3ccc(C)cc3)c2[N+](=O)[O-])cc1. The first kappa shape index (κ1) is 19.7. The average molecular weight is 393 g/mol. The molecule has 9 nitrogen and oxygen atoms in total. The highest BCUT2D eigenvalue weighted by Crippen LogP contribution is 2.31. The minimum atomic E-state index is -0.539. The molecule has 0 amide bonds. The van der Waals surface area contributed by atoms with Gasteiger partial charge in [0.1, 0.15) is 6.33 Å². The molecular weight excluding hydrogens is 374 g/mol. The second-order valence-corrected chi connectivity index (χ2v) is 6.21. The van der Waals surface area contributed by atoms with E-state index in [1.165, 1.54) is 13.4 Å². The van der Waals surface area contributed by atoms with E-state index in [0.29, 0.717) is 17.8 Å².